The third-order valence-electron chi connectivity index (χ3n) is 3.88. The fourth-order valence-electron chi connectivity index (χ4n) is 3.10. The maximum Gasteiger partial charge on any atom is 0.139 e. The topological polar surface area (TPSA) is 70.6 Å². The third kappa shape index (κ3) is 2.62. The van der Waals surface area contributed by atoms with E-state index < -0.39 is 0 Å². The average molecular weight is 211 g/mol. The molecule has 4 N–H and O–H groups in total. The quantitative estimate of drug-likeness (QED) is 0.211. The van der Waals surface area contributed by atoms with Gasteiger partial charge in [-0.1, -0.05) is 11.6 Å². The standard InChI is InChI=1S/C11H21N3O/c12-11(14-15)2-1-5-13-10-7-8-3-4-9(10)6-8/h8-10,13,15H,1-7H2,(H2,12,14). The molecule has 2 saturated carbocycles. The lowest BCUT2D eigenvalue weighted by molar-refractivity contribution is 0.316. The SMILES string of the molecule is NC(CCCNC1CC2CCC1C2)=NO. The largest absolute Gasteiger partial charge is 0.409 e. The molecule has 0 aromatic carbocycles. The Morgan fingerprint density at radius 1 is 1.40 bits per heavy atom. The van der Waals surface area contributed by atoms with Crippen molar-refractivity contribution < 1.29 is 5.21 Å². The van der Waals surface area contributed by atoms with Crippen LogP contribution in [0.4, 0.5) is 0 Å². The zero-order valence-electron chi connectivity index (χ0n) is 9.15. The molecular weight excluding hydrogens is 190 g/mol. The molecule has 3 unspecified atom stereocenters. The summed E-state index contributed by atoms with van der Waals surface area (Å²) in [6, 6.07) is 0.746. The number of hydrogen-bond acceptors (Lipinski definition) is 3. The summed E-state index contributed by atoms with van der Waals surface area (Å²) < 4.78 is 0. The maximum absolute atomic E-state index is 8.37. The molecule has 3 atom stereocenters. The number of hydrogen-bond donors (Lipinski definition) is 3. The third-order valence-corrected chi connectivity index (χ3v) is 3.88. The molecule has 0 aromatic rings. The minimum absolute atomic E-state index is 0.338. The zero-order chi connectivity index (χ0) is 10.7. The summed E-state index contributed by atoms with van der Waals surface area (Å²) >= 11 is 0. The van der Waals surface area contributed by atoms with Crippen molar-refractivity contribution in [2.45, 2.75) is 44.6 Å². The summed E-state index contributed by atoms with van der Waals surface area (Å²) in [6.07, 6.45) is 7.33. The molecule has 2 fully saturated rings. The number of nitrogens with one attached hydrogen (secondary N) is 1. The lowest BCUT2D eigenvalue weighted by Crippen LogP contribution is -2.34. The van der Waals surface area contributed by atoms with Crippen molar-refractivity contribution in [1.82, 2.24) is 5.32 Å². The van der Waals surface area contributed by atoms with Gasteiger partial charge in [-0.25, -0.2) is 0 Å². The Labute approximate surface area is 90.9 Å². The van der Waals surface area contributed by atoms with Crippen molar-refractivity contribution in [3.63, 3.8) is 0 Å². The Hall–Kier alpha value is -0.770. The van der Waals surface area contributed by atoms with Gasteiger partial charge in [0.05, 0.1) is 0 Å². The van der Waals surface area contributed by atoms with Crippen LogP contribution in [-0.2, 0) is 0 Å². The molecule has 0 aromatic heterocycles. The van der Waals surface area contributed by atoms with Crippen LogP contribution in [0.5, 0.6) is 0 Å². The van der Waals surface area contributed by atoms with Crippen molar-refractivity contribution in [2.24, 2.45) is 22.7 Å². The lowest BCUT2D eigenvalue weighted by atomic mass is 9.95. The van der Waals surface area contributed by atoms with Crippen LogP contribution in [0.25, 0.3) is 0 Å². The minimum Gasteiger partial charge on any atom is -0.409 e. The van der Waals surface area contributed by atoms with E-state index in [1.54, 1.807) is 0 Å². The Morgan fingerprint density at radius 2 is 2.27 bits per heavy atom. The van der Waals surface area contributed by atoms with Crippen LogP contribution in [-0.4, -0.2) is 23.6 Å². The van der Waals surface area contributed by atoms with Crippen molar-refractivity contribution in [1.29, 1.82) is 0 Å². The highest BCUT2D eigenvalue weighted by atomic mass is 16.4. The highest BCUT2D eigenvalue weighted by Gasteiger charge is 2.38. The van der Waals surface area contributed by atoms with Crippen molar-refractivity contribution in [3.05, 3.63) is 0 Å². The first kappa shape index (κ1) is 10.7. The molecule has 2 rings (SSSR count). The van der Waals surface area contributed by atoms with E-state index in [0.717, 1.165) is 30.8 Å². The van der Waals surface area contributed by atoms with Crippen LogP contribution in [0.2, 0.25) is 0 Å². The second-order valence-electron chi connectivity index (χ2n) is 4.93. The summed E-state index contributed by atoms with van der Waals surface area (Å²) in [6.45, 7) is 0.990. The molecule has 2 bridgehead atoms. The summed E-state index contributed by atoms with van der Waals surface area (Å²) in [5.74, 6) is 2.26. The predicted octanol–water partition coefficient (Wildman–Crippen LogP) is 1.29. The van der Waals surface area contributed by atoms with Crippen molar-refractivity contribution >= 4 is 5.84 Å². The summed E-state index contributed by atoms with van der Waals surface area (Å²) in [4.78, 5) is 0. The van der Waals surface area contributed by atoms with Gasteiger partial charge >= 0.3 is 0 Å². The Morgan fingerprint density at radius 3 is 2.87 bits per heavy atom. The van der Waals surface area contributed by atoms with Gasteiger partial charge in [-0.2, -0.15) is 0 Å². The van der Waals surface area contributed by atoms with E-state index in [1.807, 2.05) is 0 Å². The van der Waals surface area contributed by atoms with Gasteiger partial charge in [0, 0.05) is 12.5 Å². The summed E-state index contributed by atoms with van der Waals surface area (Å²) in [7, 11) is 0. The number of fused-ring (bicyclic) bond motifs is 2. The van der Waals surface area contributed by atoms with Crippen LogP contribution in [0.3, 0.4) is 0 Å². The second-order valence-corrected chi connectivity index (χ2v) is 4.93. The van der Waals surface area contributed by atoms with Gasteiger partial charge in [0.25, 0.3) is 0 Å². The fraction of sp³-hybridized carbons (Fsp3) is 0.909. The molecule has 0 amide bonds. The molecule has 0 aliphatic heterocycles. The van der Waals surface area contributed by atoms with E-state index >= 15 is 0 Å². The normalized spacial score (nSPS) is 34.9. The molecular formula is C11H21N3O. The van der Waals surface area contributed by atoms with E-state index in [0.29, 0.717) is 12.3 Å². The van der Waals surface area contributed by atoms with Crippen LogP contribution in [0.15, 0.2) is 5.16 Å². The minimum atomic E-state index is 0.338. The molecule has 2 aliphatic carbocycles. The zero-order valence-corrected chi connectivity index (χ0v) is 9.15. The Kier molecular flexibility index (Phi) is 3.46. The van der Waals surface area contributed by atoms with Crippen molar-refractivity contribution in [2.75, 3.05) is 6.54 Å². The van der Waals surface area contributed by atoms with Gasteiger partial charge in [-0.3, -0.25) is 0 Å². The first-order chi connectivity index (χ1) is 7.29. The number of amidine groups is 1. The summed E-state index contributed by atoms with van der Waals surface area (Å²) in [5.41, 5.74) is 5.40. The molecule has 15 heavy (non-hydrogen) atoms. The van der Waals surface area contributed by atoms with Gasteiger partial charge < -0.3 is 16.3 Å². The highest BCUT2D eigenvalue weighted by molar-refractivity contribution is 5.79. The molecule has 0 radical (unpaired) electrons. The van der Waals surface area contributed by atoms with E-state index in [4.69, 9.17) is 10.9 Å². The number of nitrogens with zero attached hydrogens (tertiary/aromatic N) is 1. The number of nitrogens with two attached hydrogens (primary N) is 1. The van der Waals surface area contributed by atoms with Crippen LogP contribution in [0, 0.1) is 11.8 Å². The maximum atomic E-state index is 8.37. The van der Waals surface area contributed by atoms with Gasteiger partial charge in [-0.05, 0) is 44.1 Å². The van der Waals surface area contributed by atoms with Gasteiger partial charge in [0.15, 0.2) is 0 Å². The van der Waals surface area contributed by atoms with Crippen molar-refractivity contribution in [3.8, 4) is 0 Å². The molecule has 0 spiro atoms. The van der Waals surface area contributed by atoms with Gasteiger partial charge in [0.2, 0.25) is 0 Å². The highest BCUT2D eigenvalue weighted by Crippen LogP contribution is 2.44. The monoisotopic (exact) mass is 211 g/mol. The second kappa shape index (κ2) is 4.84. The summed E-state index contributed by atoms with van der Waals surface area (Å²) in [5, 5.41) is 14.9. The van der Waals surface area contributed by atoms with Gasteiger partial charge in [0.1, 0.15) is 5.84 Å². The number of oxime groups is 1. The molecule has 0 heterocycles. The molecule has 2 aliphatic rings. The average Bonchev–Trinajstić information content (AvgIpc) is 2.85. The molecule has 4 nitrogen and oxygen atoms in total. The van der Waals surface area contributed by atoms with E-state index in [1.165, 1.54) is 25.7 Å². The first-order valence-corrected chi connectivity index (χ1v) is 5.99. The molecule has 86 valence electrons. The van der Waals surface area contributed by atoms with Crippen LogP contribution < -0.4 is 11.1 Å². The lowest BCUT2D eigenvalue weighted by Gasteiger charge is -2.22. The first-order valence-electron chi connectivity index (χ1n) is 5.99. The Bertz CT molecular complexity index is 242. The van der Waals surface area contributed by atoms with E-state index in [2.05, 4.69) is 10.5 Å². The number of rotatable bonds is 5. The van der Waals surface area contributed by atoms with E-state index in [-0.39, 0.29) is 0 Å². The predicted molar refractivity (Wildman–Crippen MR) is 59.9 cm³/mol. The molecule has 0 saturated heterocycles. The Balaban J connectivity index is 1.59. The fourth-order valence-corrected chi connectivity index (χ4v) is 3.10. The van der Waals surface area contributed by atoms with Crippen LogP contribution in [0.1, 0.15) is 38.5 Å². The van der Waals surface area contributed by atoms with Gasteiger partial charge in [-0.15, -0.1) is 0 Å². The van der Waals surface area contributed by atoms with E-state index in [9.17, 15) is 0 Å². The molecule has 4 heteroatoms. The van der Waals surface area contributed by atoms with Crippen LogP contribution >= 0.6 is 0 Å². The smallest absolute Gasteiger partial charge is 0.139 e.